The van der Waals surface area contributed by atoms with Crippen LogP contribution in [0.1, 0.15) is 16.7 Å². The lowest BCUT2D eigenvalue weighted by atomic mass is 10.1. The lowest BCUT2D eigenvalue weighted by Gasteiger charge is -2.10. The summed E-state index contributed by atoms with van der Waals surface area (Å²) in [5.74, 6) is -0.608. The van der Waals surface area contributed by atoms with Crippen LogP contribution < -0.4 is 4.18 Å². The lowest BCUT2D eigenvalue weighted by Crippen LogP contribution is -2.14. The maximum absolute atomic E-state index is 12.2. The molecule has 2 aromatic carbocycles. The highest BCUT2D eigenvalue weighted by molar-refractivity contribution is 7.86. The van der Waals surface area contributed by atoms with Crippen molar-refractivity contribution in [1.29, 1.82) is 0 Å². The van der Waals surface area contributed by atoms with Crippen LogP contribution in [-0.2, 0) is 15.9 Å². The topological polar surface area (TPSA) is 86.5 Å². The van der Waals surface area contributed by atoms with E-state index < -0.39 is 15.0 Å². The van der Waals surface area contributed by atoms with E-state index in [2.05, 4.69) is 0 Å². The van der Waals surface area contributed by atoms with Crippen LogP contribution in [0.15, 0.2) is 42.5 Å². The monoisotopic (exact) mass is 321 g/mol. The average Bonchev–Trinajstić information content (AvgIpc) is 2.40. The molecule has 2 aromatic rings. The first kappa shape index (κ1) is 16.0. The zero-order valence-electron chi connectivity index (χ0n) is 12.1. The Labute approximate surface area is 128 Å². The van der Waals surface area contributed by atoms with Crippen LogP contribution in [0, 0.1) is 24.0 Å². The lowest BCUT2D eigenvalue weighted by molar-refractivity contribution is -0.386. The Kier molecular flexibility index (Phi) is 4.46. The SMILES string of the molecule is Cc1ccccc1CS(=O)(=O)Oc1cccc(C)c1[N+](=O)[O-]. The van der Waals surface area contributed by atoms with Gasteiger partial charge in [-0.25, -0.2) is 0 Å². The highest BCUT2D eigenvalue weighted by Crippen LogP contribution is 2.31. The van der Waals surface area contributed by atoms with Gasteiger partial charge in [0, 0.05) is 5.56 Å². The zero-order chi connectivity index (χ0) is 16.3. The first-order chi connectivity index (χ1) is 10.3. The first-order valence-electron chi connectivity index (χ1n) is 6.51. The molecule has 22 heavy (non-hydrogen) atoms. The van der Waals surface area contributed by atoms with Crippen molar-refractivity contribution < 1.29 is 17.5 Å². The van der Waals surface area contributed by atoms with Crippen LogP contribution in [0.4, 0.5) is 5.69 Å². The number of nitrogens with zero attached hydrogens (tertiary/aromatic N) is 1. The van der Waals surface area contributed by atoms with E-state index in [0.29, 0.717) is 11.1 Å². The predicted molar refractivity (Wildman–Crippen MR) is 82.3 cm³/mol. The number of benzene rings is 2. The van der Waals surface area contributed by atoms with Crippen LogP contribution in [0.5, 0.6) is 5.75 Å². The molecule has 0 heterocycles. The molecule has 0 N–H and O–H groups in total. The van der Waals surface area contributed by atoms with Crippen molar-refractivity contribution in [3.8, 4) is 5.75 Å². The normalized spacial score (nSPS) is 11.2. The smallest absolute Gasteiger partial charge is 0.315 e. The van der Waals surface area contributed by atoms with Gasteiger partial charge in [0.1, 0.15) is 5.75 Å². The second-order valence-electron chi connectivity index (χ2n) is 4.89. The van der Waals surface area contributed by atoms with E-state index in [0.717, 1.165) is 5.56 Å². The summed E-state index contributed by atoms with van der Waals surface area (Å²) in [6.45, 7) is 3.32. The highest BCUT2D eigenvalue weighted by atomic mass is 32.2. The molecule has 0 aliphatic rings. The second kappa shape index (κ2) is 6.15. The van der Waals surface area contributed by atoms with E-state index in [1.165, 1.54) is 25.1 Å². The maximum Gasteiger partial charge on any atom is 0.315 e. The van der Waals surface area contributed by atoms with E-state index in [4.69, 9.17) is 4.18 Å². The zero-order valence-corrected chi connectivity index (χ0v) is 13.0. The van der Waals surface area contributed by atoms with Gasteiger partial charge in [0.2, 0.25) is 5.75 Å². The van der Waals surface area contributed by atoms with Gasteiger partial charge < -0.3 is 4.18 Å². The third-order valence-corrected chi connectivity index (χ3v) is 4.29. The molecule has 0 spiro atoms. The van der Waals surface area contributed by atoms with Crippen molar-refractivity contribution in [2.24, 2.45) is 0 Å². The van der Waals surface area contributed by atoms with Gasteiger partial charge in [0.15, 0.2) is 0 Å². The largest absolute Gasteiger partial charge is 0.375 e. The number of rotatable bonds is 5. The number of para-hydroxylation sites is 1. The molecular formula is C15H15NO5S. The molecule has 0 fully saturated rings. The molecule has 0 aliphatic heterocycles. The van der Waals surface area contributed by atoms with E-state index in [9.17, 15) is 18.5 Å². The number of nitro benzene ring substituents is 1. The number of nitro groups is 1. The minimum Gasteiger partial charge on any atom is -0.375 e. The molecule has 0 unspecified atom stereocenters. The Bertz CT molecular complexity index is 814. The van der Waals surface area contributed by atoms with E-state index in [1.807, 2.05) is 0 Å². The second-order valence-corrected chi connectivity index (χ2v) is 6.46. The van der Waals surface area contributed by atoms with Gasteiger partial charge in [-0.2, -0.15) is 8.42 Å². The van der Waals surface area contributed by atoms with Gasteiger partial charge in [0.05, 0.1) is 4.92 Å². The van der Waals surface area contributed by atoms with Crippen molar-refractivity contribution >= 4 is 15.8 Å². The molecule has 6 nitrogen and oxygen atoms in total. The summed E-state index contributed by atoms with van der Waals surface area (Å²) >= 11 is 0. The van der Waals surface area contributed by atoms with E-state index in [-0.39, 0.29) is 17.2 Å². The Morgan fingerprint density at radius 3 is 2.32 bits per heavy atom. The molecule has 0 amide bonds. The third-order valence-electron chi connectivity index (χ3n) is 3.19. The molecule has 0 saturated carbocycles. The van der Waals surface area contributed by atoms with Gasteiger partial charge in [-0.1, -0.05) is 36.4 Å². The van der Waals surface area contributed by atoms with Crippen molar-refractivity contribution in [2.75, 3.05) is 0 Å². The summed E-state index contributed by atoms with van der Waals surface area (Å²) in [4.78, 5) is 10.4. The fraction of sp³-hybridized carbons (Fsp3) is 0.200. The van der Waals surface area contributed by atoms with Crippen LogP contribution in [0.2, 0.25) is 0 Å². The first-order valence-corrected chi connectivity index (χ1v) is 8.08. The Morgan fingerprint density at radius 2 is 1.68 bits per heavy atom. The van der Waals surface area contributed by atoms with Crippen molar-refractivity contribution in [2.45, 2.75) is 19.6 Å². The highest BCUT2D eigenvalue weighted by Gasteiger charge is 2.24. The summed E-state index contributed by atoms with van der Waals surface area (Å²) in [5.41, 5.74) is 1.41. The van der Waals surface area contributed by atoms with Gasteiger partial charge in [0.25, 0.3) is 0 Å². The molecule has 0 aromatic heterocycles. The molecule has 0 saturated heterocycles. The predicted octanol–water partition coefficient (Wildman–Crippen LogP) is 3.12. The standard InChI is InChI=1S/C15H15NO5S/c1-11-6-3-4-8-13(11)10-22(19,20)21-14-9-5-7-12(2)15(14)16(17)18/h3-9H,10H2,1-2H3. The van der Waals surface area contributed by atoms with Gasteiger partial charge in [-0.05, 0) is 31.0 Å². The van der Waals surface area contributed by atoms with E-state index >= 15 is 0 Å². The van der Waals surface area contributed by atoms with Crippen LogP contribution in [-0.4, -0.2) is 13.3 Å². The Balaban J connectivity index is 2.32. The molecule has 0 radical (unpaired) electrons. The molecular weight excluding hydrogens is 306 g/mol. The van der Waals surface area contributed by atoms with Crippen molar-refractivity contribution in [3.05, 3.63) is 69.3 Å². The van der Waals surface area contributed by atoms with Crippen LogP contribution in [0.3, 0.4) is 0 Å². The minimum absolute atomic E-state index is 0.265. The Hall–Kier alpha value is -2.41. The molecule has 2 rings (SSSR count). The molecule has 7 heteroatoms. The molecule has 116 valence electrons. The summed E-state index contributed by atoms with van der Waals surface area (Å²) < 4.78 is 29.3. The Morgan fingerprint density at radius 1 is 1.05 bits per heavy atom. The number of hydrogen-bond acceptors (Lipinski definition) is 5. The molecule has 0 atom stereocenters. The van der Waals surface area contributed by atoms with Gasteiger partial charge in [-0.3, -0.25) is 10.1 Å². The number of hydrogen-bond donors (Lipinski definition) is 0. The molecule has 0 aliphatic carbocycles. The van der Waals surface area contributed by atoms with E-state index in [1.54, 1.807) is 31.2 Å². The van der Waals surface area contributed by atoms with Crippen molar-refractivity contribution in [3.63, 3.8) is 0 Å². The minimum atomic E-state index is -3.99. The quantitative estimate of drug-likeness (QED) is 0.480. The van der Waals surface area contributed by atoms with Gasteiger partial charge in [-0.15, -0.1) is 0 Å². The average molecular weight is 321 g/mol. The maximum atomic E-state index is 12.2. The number of aryl methyl sites for hydroxylation is 2. The summed E-state index contributed by atoms with van der Waals surface area (Å²) in [7, 11) is -3.99. The molecule has 0 bridgehead atoms. The summed E-state index contributed by atoms with van der Waals surface area (Å²) in [6, 6.07) is 11.3. The van der Waals surface area contributed by atoms with Crippen molar-refractivity contribution in [1.82, 2.24) is 0 Å². The summed E-state index contributed by atoms with van der Waals surface area (Å²) in [5, 5.41) is 11.1. The fourth-order valence-electron chi connectivity index (χ4n) is 2.06. The van der Waals surface area contributed by atoms with Crippen LogP contribution in [0.25, 0.3) is 0 Å². The third kappa shape index (κ3) is 3.62. The van der Waals surface area contributed by atoms with Gasteiger partial charge >= 0.3 is 15.8 Å². The fourth-order valence-corrected chi connectivity index (χ4v) is 3.23. The van der Waals surface area contributed by atoms with Crippen LogP contribution >= 0.6 is 0 Å². The summed E-state index contributed by atoms with van der Waals surface area (Å²) in [6.07, 6.45) is 0.